The van der Waals surface area contributed by atoms with Gasteiger partial charge in [0.2, 0.25) is 0 Å². The number of para-hydroxylation sites is 1. The predicted molar refractivity (Wildman–Crippen MR) is 117 cm³/mol. The van der Waals surface area contributed by atoms with Crippen LogP contribution in [0.4, 0.5) is 0 Å². The molecule has 2 N–H and O–H groups in total. The standard InChI is InChI=1S/C24H34N2O3/c1-6-18-14-16(3)15-26(28)13-12-20-19-10-8-9-11-21(19)25-22(20)24(7-2,17(18)4)23(27)29-5/h8-11,14,16-17,25-26H,6-7,12-13,15H2,1-5H3/b18-14-. The minimum Gasteiger partial charge on any atom is -0.634 e. The Labute approximate surface area is 173 Å². The van der Waals surface area contributed by atoms with Crippen molar-refractivity contribution in [3.8, 4) is 0 Å². The first-order valence-electron chi connectivity index (χ1n) is 10.8. The van der Waals surface area contributed by atoms with Gasteiger partial charge < -0.3 is 20.0 Å². The summed E-state index contributed by atoms with van der Waals surface area (Å²) in [6.45, 7) is 9.45. The maximum Gasteiger partial charge on any atom is 0.318 e. The number of fused-ring (bicyclic) bond motifs is 3. The van der Waals surface area contributed by atoms with Gasteiger partial charge in [-0.2, -0.15) is 0 Å². The van der Waals surface area contributed by atoms with Gasteiger partial charge in [-0.15, -0.1) is 0 Å². The quantitative estimate of drug-likeness (QED) is 0.472. The second-order valence-corrected chi connectivity index (χ2v) is 8.38. The zero-order valence-corrected chi connectivity index (χ0v) is 18.3. The van der Waals surface area contributed by atoms with Crippen LogP contribution in [-0.2, 0) is 21.4 Å². The Morgan fingerprint density at radius 2 is 2.03 bits per heavy atom. The summed E-state index contributed by atoms with van der Waals surface area (Å²) >= 11 is 0. The van der Waals surface area contributed by atoms with Crippen molar-refractivity contribution in [1.29, 1.82) is 0 Å². The molecule has 1 aromatic carbocycles. The first-order chi connectivity index (χ1) is 13.9. The number of allylic oxidation sites excluding steroid dienone is 1. The SMILES string of the molecule is CC/C1=C/C(C)C[NH+]([O-])CCc2c([nH]c3ccccc23)C(CC)(C(=O)OC)C1C. The number of rotatable bonds is 3. The molecular weight excluding hydrogens is 364 g/mol. The number of hydrogen-bond acceptors (Lipinski definition) is 3. The fourth-order valence-electron chi connectivity index (χ4n) is 5.18. The van der Waals surface area contributed by atoms with Crippen LogP contribution in [0.25, 0.3) is 10.9 Å². The summed E-state index contributed by atoms with van der Waals surface area (Å²) in [4.78, 5) is 17.0. The molecule has 0 radical (unpaired) electrons. The summed E-state index contributed by atoms with van der Waals surface area (Å²) in [5, 5.41) is 14.0. The van der Waals surface area contributed by atoms with E-state index in [4.69, 9.17) is 4.74 Å². The van der Waals surface area contributed by atoms with E-state index in [0.717, 1.165) is 28.6 Å². The topological polar surface area (TPSA) is 69.6 Å². The Morgan fingerprint density at radius 1 is 1.31 bits per heavy atom. The molecule has 1 aliphatic heterocycles. The number of ether oxygens (including phenoxy) is 1. The molecule has 0 bridgehead atoms. The van der Waals surface area contributed by atoms with Crippen LogP contribution in [0.15, 0.2) is 35.9 Å². The van der Waals surface area contributed by atoms with Crippen molar-refractivity contribution in [2.75, 3.05) is 20.2 Å². The molecule has 5 nitrogen and oxygen atoms in total. The molecule has 0 amide bonds. The lowest BCUT2D eigenvalue weighted by molar-refractivity contribution is -0.850. The van der Waals surface area contributed by atoms with Crippen molar-refractivity contribution in [3.63, 3.8) is 0 Å². The smallest absolute Gasteiger partial charge is 0.318 e. The highest BCUT2D eigenvalue weighted by Gasteiger charge is 2.48. The monoisotopic (exact) mass is 398 g/mol. The second-order valence-electron chi connectivity index (χ2n) is 8.38. The molecule has 0 saturated heterocycles. The van der Waals surface area contributed by atoms with Crippen LogP contribution in [0.2, 0.25) is 0 Å². The van der Waals surface area contributed by atoms with Crippen molar-refractivity contribution in [3.05, 3.63) is 52.4 Å². The van der Waals surface area contributed by atoms with Gasteiger partial charge in [0.15, 0.2) is 0 Å². The average molecular weight is 399 g/mol. The molecule has 2 aromatic rings. The van der Waals surface area contributed by atoms with Gasteiger partial charge in [0.05, 0.1) is 20.2 Å². The fourth-order valence-corrected chi connectivity index (χ4v) is 5.18. The van der Waals surface area contributed by atoms with Gasteiger partial charge in [-0.05, 0) is 30.4 Å². The van der Waals surface area contributed by atoms with Crippen LogP contribution < -0.4 is 5.06 Å². The molecule has 29 heavy (non-hydrogen) atoms. The van der Waals surface area contributed by atoms with Crippen LogP contribution in [0.5, 0.6) is 0 Å². The van der Waals surface area contributed by atoms with Crippen LogP contribution in [-0.4, -0.2) is 31.2 Å². The molecule has 2 heterocycles. The highest BCUT2D eigenvalue weighted by atomic mass is 16.5. The van der Waals surface area contributed by atoms with E-state index in [1.807, 2.05) is 18.2 Å². The zero-order chi connectivity index (χ0) is 21.2. The number of aromatic amines is 1. The van der Waals surface area contributed by atoms with E-state index in [1.54, 1.807) is 0 Å². The number of benzene rings is 1. The van der Waals surface area contributed by atoms with Crippen molar-refractivity contribution in [1.82, 2.24) is 4.98 Å². The van der Waals surface area contributed by atoms with E-state index in [1.165, 1.54) is 12.7 Å². The summed E-state index contributed by atoms with van der Waals surface area (Å²) in [5.74, 6) is -0.0782. The third-order valence-corrected chi connectivity index (χ3v) is 6.77. The largest absolute Gasteiger partial charge is 0.634 e. The number of hydrogen-bond donors (Lipinski definition) is 2. The number of aromatic nitrogens is 1. The fraction of sp³-hybridized carbons (Fsp3) is 0.542. The van der Waals surface area contributed by atoms with E-state index in [2.05, 4.69) is 44.8 Å². The lowest BCUT2D eigenvalue weighted by Gasteiger charge is -2.37. The van der Waals surface area contributed by atoms with E-state index in [0.29, 0.717) is 25.9 Å². The van der Waals surface area contributed by atoms with E-state index in [9.17, 15) is 10.0 Å². The van der Waals surface area contributed by atoms with E-state index < -0.39 is 5.41 Å². The molecule has 158 valence electrons. The normalized spacial score (nSPS) is 30.1. The first kappa shape index (κ1) is 21.6. The minimum atomic E-state index is -0.807. The zero-order valence-electron chi connectivity index (χ0n) is 18.3. The van der Waals surface area contributed by atoms with Gasteiger partial charge >= 0.3 is 5.97 Å². The third kappa shape index (κ3) is 3.74. The molecule has 4 atom stereocenters. The van der Waals surface area contributed by atoms with E-state index >= 15 is 0 Å². The Balaban J connectivity index is 2.34. The van der Waals surface area contributed by atoms with Crippen molar-refractivity contribution in [2.24, 2.45) is 11.8 Å². The number of methoxy groups -OCH3 is 1. The van der Waals surface area contributed by atoms with Crippen LogP contribution in [0, 0.1) is 17.0 Å². The molecule has 5 heteroatoms. The summed E-state index contributed by atoms with van der Waals surface area (Å²) < 4.78 is 5.39. The number of carbonyl (C=O) groups is 1. The van der Waals surface area contributed by atoms with Gasteiger partial charge in [-0.25, -0.2) is 0 Å². The van der Waals surface area contributed by atoms with Crippen molar-refractivity contribution < 1.29 is 14.6 Å². The van der Waals surface area contributed by atoms with Gasteiger partial charge in [0, 0.05) is 28.9 Å². The number of H-pyrrole nitrogens is 1. The number of quaternary nitrogens is 1. The number of hydroxylamine groups is 2. The van der Waals surface area contributed by atoms with E-state index in [-0.39, 0.29) is 22.9 Å². The molecule has 0 saturated carbocycles. The number of nitrogens with one attached hydrogen (secondary N) is 2. The van der Waals surface area contributed by atoms with Crippen LogP contribution in [0.3, 0.4) is 0 Å². The maximum absolute atomic E-state index is 13.4. The summed E-state index contributed by atoms with van der Waals surface area (Å²) in [5.41, 5.74) is 3.41. The Bertz CT molecular complexity index is 901. The van der Waals surface area contributed by atoms with Crippen molar-refractivity contribution in [2.45, 2.75) is 52.4 Å². The Kier molecular flexibility index (Phi) is 6.49. The Hall–Kier alpha value is -2.11. The molecule has 0 fully saturated rings. The molecule has 0 aliphatic carbocycles. The highest BCUT2D eigenvalue weighted by Crippen LogP contribution is 2.44. The predicted octanol–water partition coefficient (Wildman–Crippen LogP) is 3.54. The maximum atomic E-state index is 13.4. The Morgan fingerprint density at radius 3 is 2.69 bits per heavy atom. The lowest BCUT2D eigenvalue weighted by Crippen LogP contribution is -3.08. The molecular formula is C24H34N2O3. The highest BCUT2D eigenvalue weighted by molar-refractivity contribution is 5.91. The van der Waals surface area contributed by atoms with Gasteiger partial charge in [-0.3, -0.25) is 4.79 Å². The minimum absolute atomic E-state index is 0.0348. The lowest BCUT2D eigenvalue weighted by atomic mass is 9.66. The third-order valence-electron chi connectivity index (χ3n) is 6.77. The van der Waals surface area contributed by atoms with Crippen molar-refractivity contribution >= 4 is 16.9 Å². The second kappa shape index (κ2) is 8.72. The van der Waals surface area contributed by atoms with Crippen LogP contribution in [0.1, 0.15) is 51.8 Å². The first-order valence-corrected chi connectivity index (χ1v) is 10.8. The average Bonchev–Trinajstić information content (AvgIpc) is 3.08. The molecule has 1 aliphatic rings. The number of carbonyl (C=O) groups excluding carboxylic acids is 1. The summed E-state index contributed by atoms with van der Waals surface area (Å²) in [6, 6.07) is 8.13. The van der Waals surface area contributed by atoms with Gasteiger partial charge in [0.25, 0.3) is 0 Å². The molecule has 1 aromatic heterocycles. The number of esters is 1. The van der Waals surface area contributed by atoms with Gasteiger partial charge in [-0.1, -0.05) is 57.5 Å². The molecule has 0 spiro atoms. The van der Waals surface area contributed by atoms with Crippen LogP contribution >= 0.6 is 0 Å². The summed E-state index contributed by atoms with van der Waals surface area (Å²) in [6.07, 6.45) is 4.32. The molecule has 3 rings (SSSR count). The molecule has 4 unspecified atom stereocenters. The summed E-state index contributed by atoms with van der Waals surface area (Å²) in [7, 11) is 1.47. The van der Waals surface area contributed by atoms with Gasteiger partial charge in [0.1, 0.15) is 5.41 Å².